The van der Waals surface area contributed by atoms with Gasteiger partial charge in [0.15, 0.2) is 23.8 Å². The SMILES string of the molecule is CCN(CC)CCN(Cc1ccc(-c2ccc(C(F)(F)F)cc2)cc1)C(=O)Cn1c(CCc2cccc(F)c2F)nc(=O)c2cc(C)ccc21.O=C(O)[C@H](O)[C@@H](O)C(=O)O. The predicted molar refractivity (Wildman–Crippen MR) is 212 cm³/mol. The molecule has 0 saturated carbocycles. The van der Waals surface area contributed by atoms with Crippen LogP contribution in [0.1, 0.15) is 41.9 Å². The second kappa shape index (κ2) is 20.8. The summed E-state index contributed by atoms with van der Waals surface area (Å²) in [6, 6.07) is 21.6. The summed E-state index contributed by atoms with van der Waals surface area (Å²) in [4.78, 5) is 55.1. The van der Waals surface area contributed by atoms with Gasteiger partial charge in [-0.15, -0.1) is 0 Å². The molecule has 0 aliphatic carbocycles. The van der Waals surface area contributed by atoms with Gasteiger partial charge in [0.2, 0.25) is 5.91 Å². The molecule has 12 nitrogen and oxygen atoms in total. The van der Waals surface area contributed by atoms with E-state index >= 15 is 0 Å². The van der Waals surface area contributed by atoms with Crippen molar-refractivity contribution in [3.05, 3.63) is 135 Å². The molecule has 4 aromatic carbocycles. The van der Waals surface area contributed by atoms with Gasteiger partial charge in [0.25, 0.3) is 5.56 Å². The zero-order valence-electron chi connectivity index (χ0n) is 33.0. The largest absolute Gasteiger partial charge is 0.479 e. The molecule has 0 bridgehead atoms. The summed E-state index contributed by atoms with van der Waals surface area (Å²) < 4.78 is 69.3. The number of aliphatic hydroxyl groups is 2. The van der Waals surface area contributed by atoms with Gasteiger partial charge in [-0.25, -0.2) is 18.4 Å². The number of halogens is 5. The van der Waals surface area contributed by atoms with Crippen LogP contribution in [0.2, 0.25) is 0 Å². The molecule has 4 N–H and O–H groups in total. The molecule has 2 atom stereocenters. The highest BCUT2D eigenvalue weighted by Crippen LogP contribution is 2.31. The predicted octanol–water partition coefficient (Wildman–Crippen LogP) is 5.70. The highest BCUT2D eigenvalue weighted by Gasteiger charge is 2.30. The Morgan fingerprint density at radius 1 is 0.800 bits per heavy atom. The number of nitrogens with zero attached hydrogens (tertiary/aromatic N) is 4. The molecule has 0 spiro atoms. The number of carbonyl (C=O) groups is 3. The summed E-state index contributed by atoms with van der Waals surface area (Å²) in [7, 11) is 0. The fourth-order valence-electron chi connectivity index (χ4n) is 6.26. The van der Waals surface area contributed by atoms with Crippen molar-refractivity contribution >= 4 is 28.7 Å². The molecular formula is C43H45F5N4O8. The van der Waals surface area contributed by atoms with E-state index in [4.69, 9.17) is 20.4 Å². The topological polar surface area (TPSA) is 174 Å². The molecule has 1 heterocycles. The van der Waals surface area contributed by atoms with Gasteiger partial charge in [0, 0.05) is 26.1 Å². The average Bonchev–Trinajstić information content (AvgIpc) is 3.22. The minimum atomic E-state index is -4.42. The Kier molecular flexibility index (Phi) is 16.2. The molecule has 0 aliphatic rings. The number of carboxylic acids is 2. The number of alkyl halides is 3. The zero-order valence-corrected chi connectivity index (χ0v) is 33.0. The molecule has 5 rings (SSSR count). The molecule has 60 heavy (non-hydrogen) atoms. The van der Waals surface area contributed by atoms with Gasteiger partial charge in [-0.1, -0.05) is 74.0 Å². The Morgan fingerprint density at radius 2 is 1.38 bits per heavy atom. The fourth-order valence-corrected chi connectivity index (χ4v) is 6.26. The highest BCUT2D eigenvalue weighted by molar-refractivity contribution is 5.83. The third kappa shape index (κ3) is 12.2. The van der Waals surface area contributed by atoms with Gasteiger partial charge in [-0.3, -0.25) is 9.59 Å². The number of likely N-dealkylation sites (N-methyl/N-ethyl adjacent to an activating group) is 1. The second-order valence-electron chi connectivity index (χ2n) is 13.8. The van der Waals surface area contributed by atoms with E-state index in [0.717, 1.165) is 48.0 Å². The van der Waals surface area contributed by atoms with Crippen LogP contribution in [0, 0.1) is 18.6 Å². The van der Waals surface area contributed by atoms with E-state index in [-0.39, 0.29) is 43.2 Å². The lowest BCUT2D eigenvalue weighted by Crippen LogP contribution is -2.40. The number of carboxylic acid groups (broad SMARTS) is 2. The number of aliphatic hydroxyl groups excluding tert-OH is 2. The van der Waals surface area contributed by atoms with Crippen LogP contribution in [0.25, 0.3) is 22.0 Å². The molecule has 0 fully saturated rings. The highest BCUT2D eigenvalue weighted by atomic mass is 19.4. The molecule has 0 aliphatic heterocycles. The van der Waals surface area contributed by atoms with Gasteiger partial charge in [-0.2, -0.15) is 18.2 Å². The van der Waals surface area contributed by atoms with Crippen LogP contribution in [0.3, 0.4) is 0 Å². The van der Waals surface area contributed by atoms with Crippen molar-refractivity contribution in [1.82, 2.24) is 19.4 Å². The Labute approximate surface area is 341 Å². The summed E-state index contributed by atoms with van der Waals surface area (Å²) in [5.41, 5.74) is 2.53. The van der Waals surface area contributed by atoms with Crippen molar-refractivity contribution in [1.29, 1.82) is 0 Å². The third-order valence-corrected chi connectivity index (χ3v) is 9.77. The van der Waals surface area contributed by atoms with Crippen molar-refractivity contribution in [2.24, 2.45) is 0 Å². The van der Waals surface area contributed by atoms with E-state index in [9.17, 15) is 41.1 Å². The van der Waals surface area contributed by atoms with Crippen LogP contribution in [0.4, 0.5) is 22.0 Å². The first-order valence-corrected chi connectivity index (χ1v) is 18.9. The number of amides is 1. The smallest absolute Gasteiger partial charge is 0.416 e. The maximum absolute atomic E-state index is 14.5. The molecule has 320 valence electrons. The molecule has 17 heteroatoms. The first kappa shape index (κ1) is 46.6. The Balaban J connectivity index is 0.000000703. The van der Waals surface area contributed by atoms with Crippen molar-refractivity contribution in [3.63, 3.8) is 0 Å². The van der Waals surface area contributed by atoms with Gasteiger partial charge < -0.3 is 34.8 Å². The van der Waals surface area contributed by atoms with Gasteiger partial charge in [0.1, 0.15) is 12.4 Å². The first-order valence-electron chi connectivity index (χ1n) is 18.9. The summed E-state index contributed by atoms with van der Waals surface area (Å²) >= 11 is 0. The first-order chi connectivity index (χ1) is 28.3. The molecule has 0 saturated heterocycles. The fraction of sp³-hybridized carbons (Fsp3) is 0.326. The minimum absolute atomic E-state index is 0.0680. The molecular weight excluding hydrogens is 795 g/mol. The lowest BCUT2D eigenvalue weighted by Gasteiger charge is -2.28. The van der Waals surface area contributed by atoms with E-state index < -0.39 is 53.1 Å². The number of aromatic nitrogens is 2. The minimum Gasteiger partial charge on any atom is -0.479 e. The van der Waals surface area contributed by atoms with Crippen LogP contribution in [-0.4, -0.2) is 96.0 Å². The summed E-state index contributed by atoms with van der Waals surface area (Å²) in [5, 5.41) is 32.9. The number of fused-ring (bicyclic) bond motifs is 1. The maximum Gasteiger partial charge on any atom is 0.416 e. The molecule has 1 amide bonds. The Morgan fingerprint density at radius 3 is 1.93 bits per heavy atom. The van der Waals surface area contributed by atoms with Crippen LogP contribution in [0.5, 0.6) is 0 Å². The van der Waals surface area contributed by atoms with Crippen molar-refractivity contribution in [2.75, 3.05) is 26.2 Å². The standard InChI is InChI=1S/C39H39F5N4O2.C4H6O6/c1-4-46(5-2)21-22-47(24-27-10-12-28(13-11-27)29-14-17-31(18-15-29)39(42,43)44)36(49)25-48-34-19-9-26(3)23-32(34)38(50)45-35(48)20-16-30-7-6-8-33(40)37(30)41;5-1(3(7)8)2(6)4(9)10/h6-15,17-19,23H,4-5,16,20-22,24-25H2,1-3H3;1-2,5-6H,(H,7,8)(H,9,10)/t;1-,2-/m.1/s1. The molecule has 0 radical (unpaired) electrons. The van der Waals surface area contributed by atoms with Gasteiger partial charge >= 0.3 is 18.1 Å². The molecule has 1 aromatic heterocycles. The maximum atomic E-state index is 14.5. The summed E-state index contributed by atoms with van der Waals surface area (Å²) in [6.45, 7) is 8.70. The number of aryl methyl sites for hydroxylation is 3. The van der Waals surface area contributed by atoms with Crippen LogP contribution in [0.15, 0.2) is 89.7 Å². The van der Waals surface area contributed by atoms with E-state index in [1.54, 1.807) is 21.6 Å². The molecule has 5 aromatic rings. The van der Waals surface area contributed by atoms with Crippen molar-refractivity contribution < 1.29 is 56.8 Å². The van der Waals surface area contributed by atoms with E-state index in [2.05, 4.69) is 9.88 Å². The lowest BCUT2D eigenvalue weighted by molar-refractivity contribution is -0.165. The summed E-state index contributed by atoms with van der Waals surface area (Å²) in [5.74, 6) is -5.40. The normalized spacial score (nSPS) is 12.4. The zero-order chi connectivity index (χ0) is 44.3. The number of carbonyl (C=O) groups excluding carboxylic acids is 1. The second-order valence-corrected chi connectivity index (χ2v) is 13.8. The van der Waals surface area contributed by atoms with Crippen molar-refractivity contribution in [3.8, 4) is 11.1 Å². The number of aliphatic carboxylic acids is 2. The van der Waals surface area contributed by atoms with Crippen LogP contribution in [-0.2, 0) is 46.5 Å². The van der Waals surface area contributed by atoms with Gasteiger partial charge in [0.05, 0.1) is 16.5 Å². The number of benzene rings is 4. The Hall–Kier alpha value is -6.04. The van der Waals surface area contributed by atoms with Gasteiger partial charge in [-0.05, 0) is 79.0 Å². The lowest BCUT2D eigenvalue weighted by atomic mass is 10.0. The Bertz CT molecular complexity index is 2310. The number of hydrogen-bond donors (Lipinski definition) is 4. The monoisotopic (exact) mass is 840 g/mol. The quantitative estimate of drug-likeness (QED) is 0.0903. The van der Waals surface area contributed by atoms with Crippen molar-refractivity contribution in [2.45, 2.75) is 65.1 Å². The third-order valence-electron chi connectivity index (χ3n) is 9.77. The van der Waals surface area contributed by atoms with E-state index in [1.807, 2.05) is 51.1 Å². The average molecular weight is 841 g/mol. The number of hydrogen-bond acceptors (Lipinski definition) is 8. The summed E-state index contributed by atoms with van der Waals surface area (Å²) in [6.07, 6.45) is -8.79. The molecule has 0 unspecified atom stereocenters. The van der Waals surface area contributed by atoms with E-state index in [1.165, 1.54) is 24.3 Å². The van der Waals surface area contributed by atoms with Crippen LogP contribution < -0.4 is 5.56 Å². The van der Waals surface area contributed by atoms with E-state index in [0.29, 0.717) is 29.6 Å². The van der Waals surface area contributed by atoms with Crippen LogP contribution >= 0.6 is 0 Å². The number of rotatable bonds is 16.